The van der Waals surface area contributed by atoms with Gasteiger partial charge in [0.1, 0.15) is 0 Å². The lowest BCUT2D eigenvalue weighted by molar-refractivity contribution is 0.140. The van der Waals surface area contributed by atoms with Crippen molar-refractivity contribution in [3.05, 3.63) is 29.8 Å². The zero-order valence-electron chi connectivity index (χ0n) is 7.33. The predicted molar refractivity (Wildman–Crippen MR) is 46.7 cm³/mol. The van der Waals surface area contributed by atoms with Crippen LogP contribution in [0.4, 0.5) is 4.39 Å². The van der Waals surface area contributed by atoms with Crippen LogP contribution in [0.25, 0.3) is 0 Å². The van der Waals surface area contributed by atoms with Gasteiger partial charge in [0.05, 0.1) is 5.60 Å². The maximum absolute atomic E-state index is 13.0. The molecule has 1 aromatic heterocycles. The Kier molecular flexibility index (Phi) is 2.04. The first-order valence-corrected chi connectivity index (χ1v) is 4.51. The van der Waals surface area contributed by atoms with Crippen LogP contribution < -0.4 is 0 Å². The highest BCUT2D eigenvalue weighted by Crippen LogP contribution is 2.39. The van der Waals surface area contributed by atoms with E-state index in [0.717, 1.165) is 12.8 Å². The molecule has 1 aliphatic carbocycles. The van der Waals surface area contributed by atoms with Gasteiger partial charge in [0.25, 0.3) is 0 Å². The molecule has 1 N–H and O–H groups in total. The number of aryl methyl sites for hydroxylation is 1. The Hall–Kier alpha value is -0.960. The highest BCUT2D eigenvalue weighted by Gasteiger charge is 2.39. The van der Waals surface area contributed by atoms with E-state index in [9.17, 15) is 9.50 Å². The van der Waals surface area contributed by atoms with Crippen molar-refractivity contribution < 1.29 is 9.50 Å². The van der Waals surface area contributed by atoms with E-state index in [2.05, 4.69) is 4.98 Å². The maximum atomic E-state index is 13.0. The van der Waals surface area contributed by atoms with E-state index in [1.54, 1.807) is 12.1 Å². The molecule has 0 saturated heterocycles. The average molecular weight is 181 g/mol. The summed E-state index contributed by atoms with van der Waals surface area (Å²) >= 11 is 0. The molecule has 0 spiro atoms. The Bertz CT molecular complexity index is 310. The molecule has 13 heavy (non-hydrogen) atoms. The van der Waals surface area contributed by atoms with E-state index in [0.29, 0.717) is 18.4 Å². The maximum Gasteiger partial charge on any atom is 0.216 e. The third-order valence-corrected chi connectivity index (χ3v) is 2.52. The third kappa shape index (κ3) is 2.04. The van der Waals surface area contributed by atoms with Crippen molar-refractivity contribution in [2.75, 3.05) is 0 Å². The number of rotatable bonds is 3. The van der Waals surface area contributed by atoms with Crippen LogP contribution in [0.2, 0.25) is 0 Å². The molecular formula is C10H12FNO. The molecule has 0 aliphatic heterocycles. The normalized spacial score (nSPS) is 18.6. The Balaban J connectivity index is 1.97. The fourth-order valence-electron chi connectivity index (χ4n) is 1.37. The molecule has 2 rings (SSSR count). The standard InChI is InChI=1S/C10H12FNO/c11-9-8(2-1-7-12-9)3-4-10(13)5-6-10/h1-2,7,13H,3-6H2. The summed E-state index contributed by atoms with van der Waals surface area (Å²) in [4.78, 5) is 3.55. The summed E-state index contributed by atoms with van der Waals surface area (Å²) in [6.45, 7) is 0. The molecule has 0 bridgehead atoms. The van der Waals surface area contributed by atoms with Crippen molar-refractivity contribution in [2.45, 2.75) is 31.3 Å². The van der Waals surface area contributed by atoms with Gasteiger partial charge in [-0.15, -0.1) is 0 Å². The van der Waals surface area contributed by atoms with E-state index < -0.39 is 11.5 Å². The Morgan fingerprint density at radius 2 is 2.31 bits per heavy atom. The molecular weight excluding hydrogens is 169 g/mol. The second-order valence-corrected chi connectivity index (χ2v) is 3.68. The lowest BCUT2D eigenvalue weighted by Crippen LogP contribution is -2.08. The van der Waals surface area contributed by atoms with Gasteiger partial charge in [-0.25, -0.2) is 4.98 Å². The smallest absolute Gasteiger partial charge is 0.216 e. The lowest BCUT2D eigenvalue weighted by atomic mass is 10.1. The summed E-state index contributed by atoms with van der Waals surface area (Å²) in [5, 5.41) is 9.54. The van der Waals surface area contributed by atoms with Crippen molar-refractivity contribution in [1.29, 1.82) is 0 Å². The van der Waals surface area contributed by atoms with E-state index >= 15 is 0 Å². The van der Waals surface area contributed by atoms with Crippen molar-refractivity contribution in [3.8, 4) is 0 Å². The van der Waals surface area contributed by atoms with Crippen molar-refractivity contribution in [2.24, 2.45) is 0 Å². The summed E-state index contributed by atoms with van der Waals surface area (Å²) in [5.41, 5.74) is 0.102. The summed E-state index contributed by atoms with van der Waals surface area (Å²) in [5.74, 6) is -0.410. The van der Waals surface area contributed by atoms with Gasteiger partial charge in [-0.2, -0.15) is 4.39 Å². The number of halogens is 1. The first-order chi connectivity index (χ1) is 6.20. The molecule has 70 valence electrons. The summed E-state index contributed by atoms with van der Waals surface area (Å²) in [6.07, 6.45) is 4.38. The van der Waals surface area contributed by atoms with Gasteiger partial charge in [0.2, 0.25) is 5.95 Å². The molecule has 1 aromatic rings. The molecule has 0 amide bonds. The van der Waals surface area contributed by atoms with Crippen molar-refractivity contribution >= 4 is 0 Å². The van der Waals surface area contributed by atoms with Gasteiger partial charge >= 0.3 is 0 Å². The van der Waals surface area contributed by atoms with Crippen LogP contribution in [0.1, 0.15) is 24.8 Å². The lowest BCUT2D eigenvalue weighted by Gasteiger charge is -2.06. The molecule has 0 aromatic carbocycles. The second kappa shape index (κ2) is 3.07. The van der Waals surface area contributed by atoms with Gasteiger partial charge in [-0.1, -0.05) is 6.07 Å². The molecule has 1 aliphatic rings. The quantitative estimate of drug-likeness (QED) is 0.719. The van der Waals surface area contributed by atoms with Gasteiger partial charge < -0.3 is 5.11 Å². The molecule has 0 unspecified atom stereocenters. The molecule has 1 fully saturated rings. The zero-order chi connectivity index (χ0) is 9.31. The Labute approximate surface area is 76.4 Å². The Morgan fingerprint density at radius 1 is 1.54 bits per heavy atom. The molecule has 3 heteroatoms. The number of nitrogens with zero attached hydrogens (tertiary/aromatic N) is 1. The number of aromatic nitrogens is 1. The highest BCUT2D eigenvalue weighted by atomic mass is 19.1. The van der Waals surface area contributed by atoms with Crippen molar-refractivity contribution in [1.82, 2.24) is 4.98 Å². The Morgan fingerprint density at radius 3 is 2.92 bits per heavy atom. The number of hydrogen-bond acceptors (Lipinski definition) is 2. The van der Waals surface area contributed by atoms with Crippen LogP contribution in [0.15, 0.2) is 18.3 Å². The fourth-order valence-corrected chi connectivity index (χ4v) is 1.37. The van der Waals surface area contributed by atoms with E-state index in [1.807, 2.05) is 0 Å². The van der Waals surface area contributed by atoms with E-state index in [1.165, 1.54) is 6.20 Å². The van der Waals surface area contributed by atoms with Gasteiger partial charge in [0.15, 0.2) is 0 Å². The van der Waals surface area contributed by atoms with Gasteiger partial charge in [-0.05, 0) is 31.7 Å². The van der Waals surface area contributed by atoms with Crippen LogP contribution in [0, 0.1) is 5.95 Å². The molecule has 1 heterocycles. The fraction of sp³-hybridized carbons (Fsp3) is 0.500. The summed E-state index contributed by atoms with van der Waals surface area (Å²) < 4.78 is 13.0. The monoisotopic (exact) mass is 181 g/mol. The van der Waals surface area contributed by atoms with E-state index in [4.69, 9.17) is 0 Å². The number of pyridine rings is 1. The zero-order valence-corrected chi connectivity index (χ0v) is 7.33. The SMILES string of the molecule is OC1(CCc2cccnc2F)CC1. The van der Waals surface area contributed by atoms with Crippen LogP contribution in [0.3, 0.4) is 0 Å². The molecule has 0 radical (unpaired) electrons. The molecule has 0 atom stereocenters. The first-order valence-electron chi connectivity index (χ1n) is 4.51. The summed E-state index contributed by atoms with van der Waals surface area (Å²) in [7, 11) is 0. The molecule has 1 saturated carbocycles. The minimum Gasteiger partial charge on any atom is -0.390 e. The predicted octanol–water partition coefficient (Wildman–Crippen LogP) is 1.68. The second-order valence-electron chi connectivity index (χ2n) is 3.68. The number of aliphatic hydroxyl groups is 1. The van der Waals surface area contributed by atoms with Crippen LogP contribution in [-0.4, -0.2) is 15.7 Å². The van der Waals surface area contributed by atoms with Crippen LogP contribution in [0.5, 0.6) is 0 Å². The minimum absolute atomic E-state index is 0.410. The van der Waals surface area contributed by atoms with Gasteiger partial charge in [0, 0.05) is 11.8 Å². The van der Waals surface area contributed by atoms with Gasteiger partial charge in [-0.3, -0.25) is 0 Å². The summed E-state index contributed by atoms with van der Waals surface area (Å²) in [6, 6.07) is 3.43. The highest BCUT2D eigenvalue weighted by molar-refractivity contribution is 5.12. The van der Waals surface area contributed by atoms with Crippen LogP contribution >= 0.6 is 0 Å². The number of hydrogen-bond donors (Lipinski definition) is 1. The molecule has 2 nitrogen and oxygen atoms in total. The van der Waals surface area contributed by atoms with Crippen LogP contribution in [-0.2, 0) is 6.42 Å². The third-order valence-electron chi connectivity index (χ3n) is 2.52. The first kappa shape index (κ1) is 8.63. The minimum atomic E-state index is -0.498. The van der Waals surface area contributed by atoms with E-state index in [-0.39, 0.29) is 0 Å². The topological polar surface area (TPSA) is 33.1 Å². The largest absolute Gasteiger partial charge is 0.390 e. The average Bonchev–Trinajstić information content (AvgIpc) is 2.83. The van der Waals surface area contributed by atoms with Crippen molar-refractivity contribution in [3.63, 3.8) is 0 Å².